The number of H-pyrrole nitrogens is 1. The number of para-hydroxylation sites is 1. The van der Waals surface area contributed by atoms with Crippen molar-refractivity contribution >= 4 is 21.6 Å². The molecule has 0 saturated heterocycles. The number of hydrogen-bond acceptors (Lipinski definition) is 4. The van der Waals surface area contributed by atoms with E-state index in [0.717, 1.165) is 36.9 Å². The van der Waals surface area contributed by atoms with Crippen molar-refractivity contribution in [2.24, 2.45) is 0 Å². The van der Waals surface area contributed by atoms with Crippen LogP contribution in [0.25, 0.3) is 0 Å². The van der Waals surface area contributed by atoms with Gasteiger partial charge in [0.2, 0.25) is 10.0 Å². The molecule has 0 radical (unpaired) electrons. The van der Waals surface area contributed by atoms with Crippen molar-refractivity contribution in [2.45, 2.75) is 25.7 Å². The zero-order valence-electron chi connectivity index (χ0n) is 14.2. The van der Waals surface area contributed by atoms with Gasteiger partial charge in [-0.1, -0.05) is 18.2 Å². The van der Waals surface area contributed by atoms with Gasteiger partial charge in [0.1, 0.15) is 0 Å². The van der Waals surface area contributed by atoms with Crippen molar-refractivity contribution < 1.29 is 13.2 Å². The molecule has 0 saturated carbocycles. The molecule has 1 aliphatic rings. The summed E-state index contributed by atoms with van der Waals surface area (Å²) in [5, 5.41) is 9.69. The van der Waals surface area contributed by atoms with Gasteiger partial charge in [0.15, 0.2) is 5.69 Å². The summed E-state index contributed by atoms with van der Waals surface area (Å²) in [6.45, 7) is 0.0416. The summed E-state index contributed by atoms with van der Waals surface area (Å²) in [5.74, 6) is -0.492. The molecule has 7 nitrogen and oxygen atoms in total. The lowest BCUT2D eigenvalue weighted by Gasteiger charge is -2.19. The number of aryl methyl sites for hydroxylation is 1. The second kappa shape index (κ2) is 7.26. The Balaban J connectivity index is 1.59. The number of nitrogens with one attached hydrogen (secondary N) is 2. The van der Waals surface area contributed by atoms with E-state index in [1.165, 1.54) is 11.4 Å². The van der Waals surface area contributed by atoms with Gasteiger partial charge in [-0.05, 0) is 37.8 Å². The van der Waals surface area contributed by atoms with E-state index in [4.69, 9.17) is 0 Å². The lowest BCUT2D eigenvalue weighted by molar-refractivity contribution is 0.0950. The maximum Gasteiger partial charge on any atom is 0.272 e. The Morgan fingerprint density at radius 2 is 1.96 bits per heavy atom. The predicted octanol–water partition coefficient (Wildman–Crippen LogP) is 1.48. The van der Waals surface area contributed by atoms with Crippen LogP contribution in [0, 0.1) is 0 Å². The second-order valence-electron chi connectivity index (χ2n) is 6.11. The van der Waals surface area contributed by atoms with Crippen LogP contribution < -0.4 is 9.62 Å². The molecule has 3 rings (SSSR count). The van der Waals surface area contributed by atoms with Crippen LogP contribution in [0.4, 0.5) is 5.69 Å². The van der Waals surface area contributed by atoms with Crippen LogP contribution in [-0.4, -0.2) is 43.9 Å². The molecule has 2 aromatic rings. The fourth-order valence-electron chi connectivity index (χ4n) is 2.98. The molecular weight excluding hydrogens is 340 g/mol. The Hall–Kier alpha value is -2.35. The van der Waals surface area contributed by atoms with Gasteiger partial charge in [-0.2, -0.15) is 5.10 Å². The zero-order valence-corrected chi connectivity index (χ0v) is 15.0. The van der Waals surface area contributed by atoms with Crippen molar-refractivity contribution in [1.82, 2.24) is 15.5 Å². The summed E-state index contributed by atoms with van der Waals surface area (Å²) >= 11 is 0. The molecule has 1 aliphatic carbocycles. The number of benzene rings is 1. The largest absolute Gasteiger partial charge is 0.350 e. The summed E-state index contributed by atoms with van der Waals surface area (Å²) in [6, 6.07) is 8.85. The summed E-state index contributed by atoms with van der Waals surface area (Å²) in [7, 11) is -1.99. The average Bonchev–Trinajstić information content (AvgIpc) is 3.06. The lowest BCUT2D eigenvalue weighted by Crippen LogP contribution is -2.36. The van der Waals surface area contributed by atoms with Gasteiger partial charge < -0.3 is 5.32 Å². The van der Waals surface area contributed by atoms with E-state index in [2.05, 4.69) is 15.5 Å². The summed E-state index contributed by atoms with van der Waals surface area (Å²) in [5.41, 5.74) is 2.97. The van der Waals surface area contributed by atoms with Crippen LogP contribution in [0.5, 0.6) is 0 Å². The van der Waals surface area contributed by atoms with Gasteiger partial charge in [-0.15, -0.1) is 0 Å². The van der Waals surface area contributed by atoms with Crippen molar-refractivity contribution in [2.75, 3.05) is 23.7 Å². The number of anilines is 1. The Bertz CT molecular complexity index is 846. The Morgan fingerprint density at radius 1 is 1.24 bits per heavy atom. The highest BCUT2D eigenvalue weighted by molar-refractivity contribution is 7.92. The maximum atomic E-state index is 12.4. The molecule has 2 N–H and O–H groups in total. The maximum absolute atomic E-state index is 12.4. The third-order valence-electron chi connectivity index (χ3n) is 4.45. The molecule has 1 amide bonds. The van der Waals surface area contributed by atoms with E-state index < -0.39 is 10.0 Å². The van der Waals surface area contributed by atoms with Gasteiger partial charge >= 0.3 is 0 Å². The molecule has 25 heavy (non-hydrogen) atoms. The lowest BCUT2D eigenvalue weighted by atomic mass is 9.96. The molecule has 0 unspecified atom stereocenters. The van der Waals surface area contributed by atoms with E-state index in [-0.39, 0.29) is 18.2 Å². The van der Waals surface area contributed by atoms with E-state index in [1.807, 2.05) is 6.07 Å². The monoisotopic (exact) mass is 362 g/mol. The van der Waals surface area contributed by atoms with Crippen LogP contribution in [-0.2, 0) is 22.9 Å². The van der Waals surface area contributed by atoms with Gasteiger partial charge in [-0.3, -0.25) is 14.2 Å². The van der Waals surface area contributed by atoms with E-state index in [1.54, 1.807) is 24.3 Å². The fourth-order valence-corrected chi connectivity index (χ4v) is 4.06. The summed E-state index contributed by atoms with van der Waals surface area (Å²) < 4.78 is 26.0. The number of sulfonamides is 1. The van der Waals surface area contributed by atoms with E-state index in [0.29, 0.717) is 11.4 Å². The van der Waals surface area contributed by atoms with Crippen LogP contribution in [0.2, 0.25) is 0 Å². The van der Waals surface area contributed by atoms with Crippen molar-refractivity contribution in [3.8, 4) is 0 Å². The number of amides is 1. The molecule has 0 bridgehead atoms. The first-order chi connectivity index (χ1) is 12.0. The number of carbonyl (C=O) groups excluding carboxylic acids is 1. The molecular formula is C17H22N4O3S. The number of fused-ring (bicyclic) bond motifs is 1. The van der Waals surface area contributed by atoms with Crippen LogP contribution >= 0.6 is 0 Å². The summed E-state index contributed by atoms with van der Waals surface area (Å²) in [4.78, 5) is 12.3. The molecule has 1 heterocycles. The van der Waals surface area contributed by atoms with Gasteiger partial charge in [0, 0.05) is 24.8 Å². The van der Waals surface area contributed by atoms with Crippen LogP contribution in [0.3, 0.4) is 0 Å². The first kappa shape index (κ1) is 17.5. The van der Waals surface area contributed by atoms with Crippen molar-refractivity contribution in [3.63, 3.8) is 0 Å². The average molecular weight is 362 g/mol. The Labute approximate surface area is 147 Å². The number of rotatable bonds is 6. The number of nitrogens with zero attached hydrogens (tertiary/aromatic N) is 2. The number of aromatic amines is 1. The minimum Gasteiger partial charge on any atom is -0.350 e. The highest BCUT2D eigenvalue weighted by atomic mass is 32.2. The van der Waals surface area contributed by atoms with E-state index in [9.17, 15) is 13.2 Å². The number of hydrogen-bond donors (Lipinski definition) is 2. The third-order valence-corrected chi connectivity index (χ3v) is 6.22. The highest BCUT2D eigenvalue weighted by Crippen LogP contribution is 2.22. The standard InChI is InChI=1S/C17H22N4O3S/c1-21(13-7-3-2-4-8-13)25(23,24)12-11-18-17(22)16-14-9-5-6-10-15(14)19-20-16/h2-4,7-8H,5-6,9-12H2,1H3,(H,18,22)(H,19,20). The van der Waals surface area contributed by atoms with Crippen LogP contribution in [0.1, 0.15) is 34.6 Å². The molecule has 1 aromatic heterocycles. The summed E-state index contributed by atoms with van der Waals surface area (Å²) in [6.07, 6.45) is 3.89. The van der Waals surface area contributed by atoms with E-state index >= 15 is 0 Å². The first-order valence-electron chi connectivity index (χ1n) is 8.35. The fraction of sp³-hybridized carbons (Fsp3) is 0.412. The Kier molecular flexibility index (Phi) is 5.08. The van der Waals surface area contributed by atoms with Gasteiger partial charge in [-0.25, -0.2) is 8.42 Å². The molecule has 0 atom stereocenters. The number of aromatic nitrogens is 2. The topological polar surface area (TPSA) is 95.2 Å². The molecule has 0 aliphatic heterocycles. The molecule has 134 valence electrons. The second-order valence-corrected chi connectivity index (χ2v) is 8.23. The molecule has 1 aromatic carbocycles. The molecule has 8 heteroatoms. The minimum atomic E-state index is -3.50. The Morgan fingerprint density at radius 3 is 2.72 bits per heavy atom. The third kappa shape index (κ3) is 3.84. The predicted molar refractivity (Wildman–Crippen MR) is 96.2 cm³/mol. The van der Waals surface area contributed by atoms with Crippen molar-refractivity contribution in [1.29, 1.82) is 0 Å². The molecule has 0 fully saturated rings. The molecule has 0 spiro atoms. The van der Waals surface area contributed by atoms with Crippen LogP contribution in [0.15, 0.2) is 30.3 Å². The quantitative estimate of drug-likeness (QED) is 0.814. The van der Waals surface area contributed by atoms with Crippen molar-refractivity contribution in [3.05, 3.63) is 47.3 Å². The normalized spacial score (nSPS) is 14.0. The zero-order chi connectivity index (χ0) is 17.9. The smallest absolute Gasteiger partial charge is 0.272 e. The van der Waals surface area contributed by atoms with Gasteiger partial charge in [0.05, 0.1) is 11.4 Å². The first-order valence-corrected chi connectivity index (χ1v) is 9.96. The number of carbonyl (C=O) groups is 1. The minimum absolute atomic E-state index is 0.0416. The SMILES string of the molecule is CN(c1ccccc1)S(=O)(=O)CCNC(=O)c1n[nH]c2c1CCCC2. The van der Waals surface area contributed by atoms with Gasteiger partial charge in [0.25, 0.3) is 5.91 Å². The highest BCUT2D eigenvalue weighted by Gasteiger charge is 2.23.